The highest BCUT2D eigenvalue weighted by Crippen LogP contribution is 2.13. The van der Waals surface area contributed by atoms with Crippen LogP contribution in [0.25, 0.3) is 0 Å². The average molecular weight is 255 g/mol. The molecular weight excluding hydrogens is 240 g/mol. The smallest absolute Gasteiger partial charge is 0.308 e. The molecule has 0 saturated carbocycles. The Morgan fingerprint density at radius 3 is 2.12 bits per heavy atom. The maximum atomic E-state index is 11.7. The standard InChI is InChI=1S/C12H15O4S/c1-9(13)16-11-6-4-10(5-7-11)12(14)8-17(2,3)15/h4-7H,8H2,1-3H3/q+1. The molecule has 1 rings (SSSR count). The molecule has 0 heterocycles. The third-order valence-electron chi connectivity index (χ3n) is 1.92. The fraction of sp³-hybridized carbons (Fsp3) is 0.333. The summed E-state index contributed by atoms with van der Waals surface area (Å²) in [5.74, 6) is -0.161. The first kappa shape index (κ1) is 13.6. The third kappa shape index (κ3) is 4.91. The molecule has 0 unspecified atom stereocenters. The molecule has 92 valence electrons. The van der Waals surface area contributed by atoms with E-state index in [0.29, 0.717) is 11.3 Å². The topological polar surface area (TPSA) is 60.4 Å². The van der Waals surface area contributed by atoms with Crippen LogP contribution in [0.5, 0.6) is 5.75 Å². The second-order valence-electron chi connectivity index (χ2n) is 4.12. The monoisotopic (exact) mass is 255 g/mol. The number of Topliss-reactive ketones (excluding diaryl/α,β-unsaturated/α-hetero) is 1. The van der Waals surface area contributed by atoms with E-state index in [1.54, 1.807) is 36.8 Å². The van der Waals surface area contributed by atoms with Crippen molar-refractivity contribution in [1.82, 2.24) is 0 Å². The highest BCUT2D eigenvalue weighted by atomic mass is 32.2. The maximum absolute atomic E-state index is 11.7. The summed E-state index contributed by atoms with van der Waals surface area (Å²) in [5.41, 5.74) is 0.470. The summed E-state index contributed by atoms with van der Waals surface area (Å²) in [5, 5.41) is 0. The molecule has 0 N–H and O–H groups in total. The molecule has 0 spiro atoms. The predicted octanol–water partition coefficient (Wildman–Crippen LogP) is 1.55. The van der Waals surface area contributed by atoms with Crippen LogP contribution < -0.4 is 4.74 Å². The van der Waals surface area contributed by atoms with Gasteiger partial charge in [0.2, 0.25) is 5.78 Å². The van der Waals surface area contributed by atoms with Crippen molar-refractivity contribution in [2.24, 2.45) is 0 Å². The van der Waals surface area contributed by atoms with Crippen molar-refractivity contribution in [3.63, 3.8) is 0 Å². The zero-order chi connectivity index (χ0) is 13.1. The highest BCUT2D eigenvalue weighted by molar-refractivity contribution is 8.02. The first-order chi connectivity index (χ1) is 7.78. The number of carbonyl (C=O) groups is 2. The van der Waals surface area contributed by atoms with Gasteiger partial charge in [-0.1, -0.05) is 0 Å². The number of carbonyl (C=O) groups excluding carboxylic acids is 2. The number of ketones is 1. The largest absolute Gasteiger partial charge is 0.427 e. The van der Waals surface area contributed by atoms with Gasteiger partial charge in [0.1, 0.15) is 18.3 Å². The van der Waals surface area contributed by atoms with Crippen molar-refractivity contribution in [3.8, 4) is 5.75 Å². The SMILES string of the molecule is CC(=O)Oc1ccc(C(=O)C[S+](C)(C)=O)cc1. The van der Waals surface area contributed by atoms with Gasteiger partial charge in [0, 0.05) is 12.5 Å². The second-order valence-corrected chi connectivity index (χ2v) is 7.28. The van der Waals surface area contributed by atoms with Gasteiger partial charge in [-0.25, -0.2) is 0 Å². The van der Waals surface area contributed by atoms with Gasteiger partial charge in [0.15, 0.2) is 5.75 Å². The van der Waals surface area contributed by atoms with E-state index in [1.165, 1.54) is 6.92 Å². The zero-order valence-electron chi connectivity index (χ0n) is 10.1. The van der Waals surface area contributed by atoms with Crippen molar-refractivity contribution < 1.29 is 18.5 Å². The molecule has 5 heteroatoms. The number of rotatable bonds is 4. The van der Waals surface area contributed by atoms with Crippen LogP contribution in [-0.2, 0) is 18.9 Å². The quantitative estimate of drug-likeness (QED) is 0.354. The van der Waals surface area contributed by atoms with E-state index in [9.17, 15) is 13.8 Å². The van der Waals surface area contributed by atoms with Crippen LogP contribution in [-0.4, -0.2) is 30.0 Å². The van der Waals surface area contributed by atoms with Gasteiger partial charge >= 0.3 is 5.97 Å². The molecular formula is C12H15O4S+. The summed E-state index contributed by atoms with van der Waals surface area (Å²) in [4.78, 5) is 22.4. The molecule has 4 nitrogen and oxygen atoms in total. The molecule has 0 aliphatic rings. The fourth-order valence-corrected chi connectivity index (χ4v) is 2.07. The van der Waals surface area contributed by atoms with Crippen LogP contribution in [0.4, 0.5) is 0 Å². The minimum atomic E-state index is -2.09. The van der Waals surface area contributed by atoms with Crippen LogP contribution in [0.3, 0.4) is 0 Å². The van der Waals surface area contributed by atoms with E-state index in [2.05, 4.69) is 0 Å². The Morgan fingerprint density at radius 1 is 1.18 bits per heavy atom. The van der Waals surface area contributed by atoms with Gasteiger partial charge < -0.3 is 4.74 Å². The number of hydrogen-bond donors (Lipinski definition) is 0. The van der Waals surface area contributed by atoms with Crippen molar-refractivity contribution in [3.05, 3.63) is 29.8 Å². The fourth-order valence-electron chi connectivity index (χ4n) is 1.27. The lowest BCUT2D eigenvalue weighted by Gasteiger charge is -2.03. The highest BCUT2D eigenvalue weighted by Gasteiger charge is 2.20. The Bertz CT molecular complexity index is 470. The summed E-state index contributed by atoms with van der Waals surface area (Å²) >= 11 is 0. The molecule has 0 radical (unpaired) electrons. The Hall–Kier alpha value is -1.49. The van der Waals surface area contributed by atoms with Crippen LogP contribution in [0.15, 0.2) is 24.3 Å². The zero-order valence-corrected chi connectivity index (χ0v) is 10.9. The lowest BCUT2D eigenvalue weighted by molar-refractivity contribution is -0.131. The minimum absolute atomic E-state index is 0.0277. The third-order valence-corrected chi connectivity index (χ3v) is 2.87. The van der Waals surface area contributed by atoms with E-state index in [0.717, 1.165) is 0 Å². The number of benzene rings is 1. The van der Waals surface area contributed by atoms with Gasteiger partial charge in [-0.05, 0) is 24.3 Å². The summed E-state index contributed by atoms with van der Waals surface area (Å²) in [6.45, 7) is 1.31. The molecule has 0 bridgehead atoms. The molecule has 0 atom stereocenters. The molecule has 0 saturated heterocycles. The molecule has 0 aliphatic heterocycles. The lowest BCUT2D eigenvalue weighted by Crippen LogP contribution is -2.19. The molecule has 0 amide bonds. The summed E-state index contributed by atoms with van der Waals surface area (Å²) < 4.78 is 16.3. The normalized spacial score (nSPS) is 11.0. The van der Waals surface area contributed by atoms with E-state index in [4.69, 9.17) is 4.74 Å². The Kier molecular flexibility index (Phi) is 4.17. The van der Waals surface area contributed by atoms with Gasteiger partial charge in [0.05, 0.1) is 9.93 Å². The van der Waals surface area contributed by atoms with Crippen LogP contribution in [0.1, 0.15) is 17.3 Å². The average Bonchev–Trinajstić information content (AvgIpc) is 2.15. The molecule has 0 aliphatic carbocycles. The number of ether oxygens (including phenoxy) is 1. The van der Waals surface area contributed by atoms with E-state index < -0.39 is 15.9 Å². The Morgan fingerprint density at radius 2 is 1.71 bits per heavy atom. The van der Waals surface area contributed by atoms with E-state index in [-0.39, 0.29) is 11.5 Å². The summed E-state index contributed by atoms with van der Waals surface area (Å²) in [6.07, 6.45) is 3.11. The predicted molar refractivity (Wildman–Crippen MR) is 66.8 cm³/mol. The first-order valence-electron chi connectivity index (χ1n) is 5.01. The van der Waals surface area contributed by atoms with Crippen LogP contribution in [0.2, 0.25) is 0 Å². The van der Waals surface area contributed by atoms with Gasteiger partial charge in [-0.15, -0.1) is 4.21 Å². The van der Waals surface area contributed by atoms with E-state index in [1.807, 2.05) is 0 Å². The Labute approximate surface area is 101 Å². The summed E-state index contributed by atoms with van der Waals surface area (Å²) in [6, 6.07) is 6.21. The minimum Gasteiger partial charge on any atom is -0.427 e. The molecule has 0 fully saturated rings. The number of esters is 1. The number of hydrogen-bond acceptors (Lipinski definition) is 4. The summed E-state index contributed by atoms with van der Waals surface area (Å²) in [7, 11) is -2.09. The van der Waals surface area contributed by atoms with Gasteiger partial charge in [-0.3, -0.25) is 9.59 Å². The van der Waals surface area contributed by atoms with Gasteiger partial charge in [-0.2, -0.15) is 0 Å². The van der Waals surface area contributed by atoms with Gasteiger partial charge in [0.25, 0.3) is 0 Å². The van der Waals surface area contributed by atoms with Crippen LogP contribution in [0, 0.1) is 0 Å². The molecule has 0 aromatic heterocycles. The second kappa shape index (κ2) is 5.23. The van der Waals surface area contributed by atoms with Crippen LogP contribution >= 0.6 is 0 Å². The van der Waals surface area contributed by atoms with Crippen molar-refractivity contribution in [2.45, 2.75) is 6.92 Å². The van der Waals surface area contributed by atoms with E-state index >= 15 is 0 Å². The Balaban J connectivity index is 2.77. The van der Waals surface area contributed by atoms with Crippen molar-refractivity contribution in [1.29, 1.82) is 0 Å². The molecule has 1 aromatic carbocycles. The molecule has 1 aromatic rings. The first-order valence-corrected chi connectivity index (χ1v) is 7.56. The lowest BCUT2D eigenvalue weighted by atomic mass is 10.1. The maximum Gasteiger partial charge on any atom is 0.308 e. The molecule has 17 heavy (non-hydrogen) atoms. The van der Waals surface area contributed by atoms with Crippen molar-refractivity contribution in [2.75, 3.05) is 18.3 Å². The van der Waals surface area contributed by atoms with Crippen molar-refractivity contribution >= 4 is 21.7 Å².